The summed E-state index contributed by atoms with van der Waals surface area (Å²) in [4.78, 5) is 15.2. The molecule has 0 aliphatic carbocycles. The minimum atomic E-state index is -3.85. The van der Waals surface area contributed by atoms with Crippen LogP contribution in [-0.4, -0.2) is 42.7 Å². The van der Waals surface area contributed by atoms with Crippen LogP contribution in [0.5, 0.6) is 0 Å². The van der Waals surface area contributed by atoms with E-state index in [1.807, 2.05) is 0 Å². The Bertz CT molecular complexity index is 622. The number of halogens is 2. The van der Waals surface area contributed by atoms with Crippen LogP contribution in [0.25, 0.3) is 0 Å². The normalized spacial score (nSPS) is 21.2. The molecule has 1 N–H and O–H groups in total. The van der Waals surface area contributed by atoms with Gasteiger partial charge < -0.3 is 5.32 Å². The number of amides is 1. The highest BCUT2D eigenvalue weighted by Crippen LogP contribution is 2.27. The second-order valence-electron chi connectivity index (χ2n) is 4.03. The fourth-order valence-electron chi connectivity index (χ4n) is 1.80. The van der Waals surface area contributed by atoms with Crippen molar-refractivity contribution in [2.75, 3.05) is 13.1 Å². The van der Waals surface area contributed by atoms with Gasteiger partial charge >= 0.3 is 0 Å². The maximum Gasteiger partial charge on any atom is 0.246 e. The molecule has 0 spiro atoms. The van der Waals surface area contributed by atoms with Crippen molar-refractivity contribution in [3.63, 3.8) is 0 Å². The van der Waals surface area contributed by atoms with Crippen molar-refractivity contribution in [2.45, 2.75) is 17.9 Å². The smallest absolute Gasteiger partial charge is 0.246 e. The van der Waals surface area contributed by atoms with E-state index in [4.69, 9.17) is 11.6 Å². The van der Waals surface area contributed by atoms with E-state index in [-0.39, 0.29) is 29.0 Å². The first-order valence-corrected chi connectivity index (χ1v) is 8.05. The third-order valence-corrected chi connectivity index (χ3v) is 5.63. The number of carbonyl (C=O) groups is 1. The van der Waals surface area contributed by atoms with Gasteiger partial charge in [-0.15, -0.1) is 0 Å². The number of nitrogens with one attached hydrogen (secondary N) is 1. The average Bonchev–Trinajstić information content (AvgIpc) is 2.35. The van der Waals surface area contributed by atoms with Gasteiger partial charge in [-0.05, 0) is 28.9 Å². The molecule has 2 heterocycles. The molecule has 9 heteroatoms. The fraction of sp³-hybridized carbons (Fsp3) is 0.400. The molecule has 0 aromatic carbocycles. The number of sulfonamides is 1. The van der Waals surface area contributed by atoms with E-state index in [0.717, 1.165) is 4.31 Å². The highest BCUT2D eigenvalue weighted by Gasteiger charge is 2.36. The Morgan fingerprint density at radius 3 is 2.95 bits per heavy atom. The maximum absolute atomic E-state index is 12.5. The van der Waals surface area contributed by atoms with Crippen LogP contribution < -0.4 is 5.32 Å². The van der Waals surface area contributed by atoms with E-state index in [2.05, 4.69) is 26.2 Å². The largest absolute Gasteiger partial charge is 0.353 e. The molecule has 1 amide bonds. The molecule has 1 aromatic rings. The van der Waals surface area contributed by atoms with Crippen LogP contribution >= 0.6 is 27.5 Å². The van der Waals surface area contributed by atoms with Crippen molar-refractivity contribution in [1.29, 1.82) is 0 Å². The van der Waals surface area contributed by atoms with Gasteiger partial charge in [-0.1, -0.05) is 11.6 Å². The first-order chi connectivity index (χ1) is 8.84. The van der Waals surface area contributed by atoms with Gasteiger partial charge in [0.15, 0.2) is 0 Å². The zero-order chi connectivity index (χ0) is 14.2. The summed E-state index contributed by atoms with van der Waals surface area (Å²) in [7, 11) is -3.85. The minimum Gasteiger partial charge on any atom is -0.353 e. The predicted octanol–water partition coefficient (Wildman–Crippen LogP) is 1.01. The van der Waals surface area contributed by atoms with Gasteiger partial charge in [0.25, 0.3) is 0 Å². The van der Waals surface area contributed by atoms with Crippen molar-refractivity contribution in [3.05, 3.63) is 21.9 Å². The van der Waals surface area contributed by atoms with Crippen LogP contribution in [0, 0.1) is 0 Å². The highest BCUT2D eigenvalue weighted by molar-refractivity contribution is 9.10. The van der Waals surface area contributed by atoms with E-state index >= 15 is 0 Å². The third-order valence-electron chi connectivity index (χ3n) is 2.80. The number of hydrogen-bond donors (Lipinski definition) is 1. The predicted molar refractivity (Wildman–Crippen MR) is 73.3 cm³/mol. The number of hydrogen-bond acceptors (Lipinski definition) is 4. The summed E-state index contributed by atoms with van der Waals surface area (Å²) < 4.78 is 26.7. The number of pyridine rings is 1. The molecular weight excluding hydrogens is 358 g/mol. The van der Waals surface area contributed by atoms with Crippen LogP contribution in [-0.2, 0) is 14.8 Å². The summed E-state index contributed by atoms with van der Waals surface area (Å²) in [5.74, 6) is -0.325. The summed E-state index contributed by atoms with van der Waals surface area (Å²) in [6.45, 7) is 2.02. The van der Waals surface area contributed by atoms with Gasteiger partial charge in [0.05, 0.1) is 0 Å². The zero-order valence-electron chi connectivity index (χ0n) is 9.93. The second-order valence-corrected chi connectivity index (χ2v) is 7.16. The summed E-state index contributed by atoms with van der Waals surface area (Å²) >= 11 is 9.00. The lowest BCUT2D eigenvalue weighted by Gasteiger charge is -2.31. The quantitative estimate of drug-likeness (QED) is 0.790. The summed E-state index contributed by atoms with van der Waals surface area (Å²) in [5.41, 5.74) is 0. The minimum absolute atomic E-state index is 0.106. The van der Waals surface area contributed by atoms with Gasteiger partial charge in [0.1, 0.15) is 16.1 Å². The topological polar surface area (TPSA) is 79.4 Å². The molecule has 0 radical (unpaired) electrons. The van der Waals surface area contributed by atoms with Gasteiger partial charge in [0.2, 0.25) is 15.9 Å². The Hall–Kier alpha value is -0.700. The summed E-state index contributed by atoms with van der Waals surface area (Å²) in [6, 6.07) is 0.609. The molecule has 1 atom stereocenters. The van der Waals surface area contributed by atoms with Crippen LogP contribution in [0.15, 0.2) is 21.6 Å². The van der Waals surface area contributed by atoms with Crippen molar-refractivity contribution in [1.82, 2.24) is 14.6 Å². The SMILES string of the molecule is CC1C(=O)NCCN1S(=O)(=O)c1cc(Br)cnc1Cl. The lowest BCUT2D eigenvalue weighted by molar-refractivity contribution is -0.126. The number of rotatable bonds is 2. The van der Waals surface area contributed by atoms with E-state index < -0.39 is 16.1 Å². The van der Waals surface area contributed by atoms with Gasteiger partial charge in [0, 0.05) is 23.8 Å². The Labute approximate surface area is 124 Å². The molecule has 0 bridgehead atoms. The maximum atomic E-state index is 12.5. The molecule has 6 nitrogen and oxygen atoms in total. The van der Waals surface area contributed by atoms with Crippen molar-refractivity contribution in [3.8, 4) is 0 Å². The van der Waals surface area contributed by atoms with Crippen LogP contribution in [0.2, 0.25) is 5.15 Å². The molecule has 104 valence electrons. The standard InChI is InChI=1S/C10H11BrClN3O3S/c1-6-10(16)13-2-3-15(6)19(17,18)8-4-7(11)5-14-9(8)12/h4-6H,2-3H2,1H3,(H,13,16). The molecule has 19 heavy (non-hydrogen) atoms. The van der Waals surface area contributed by atoms with E-state index in [1.165, 1.54) is 19.2 Å². The zero-order valence-corrected chi connectivity index (χ0v) is 13.1. The van der Waals surface area contributed by atoms with E-state index in [0.29, 0.717) is 4.47 Å². The Kier molecular flexibility index (Phi) is 4.14. The number of nitrogens with zero attached hydrogens (tertiary/aromatic N) is 2. The summed E-state index contributed by atoms with van der Waals surface area (Å²) in [5, 5.41) is 2.50. The van der Waals surface area contributed by atoms with Crippen LogP contribution in [0.3, 0.4) is 0 Å². The van der Waals surface area contributed by atoms with Gasteiger partial charge in [-0.2, -0.15) is 4.31 Å². The Balaban J connectivity index is 2.47. The third kappa shape index (κ3) is 2.76. The van der Waals surface area contributed by atoms with Crippen molar-refractivity contribution < 1.29 is 13.2 Å². The monoisotopic (exact) mass is 367 g/mol. The molecule has 1 unspecified atom stereocenters. The molecule has 1 aliphatic rings. The number of aromatic nitrogens is 1. The lowest BCUT2D eigenvalue weighted by atomic mass is 10.2. The second kappa shape index (κ2) is 5.35. The summed E-state index contributed by atoms with van der Waals surface area (Å²) in [6.07, 6.45) is 1.41. The van der Waals surface area contributed by atoms with Crippen molar-refractivity contribution >= 4 is 43.5 Å². The van der Waals surface area contributed by atoms with E-state index in [9.17, 15) is 13.2 Å². The molecule has 0 saturated carbocycles. The molecule has 2 rings (SSSR count). The molecule has 1 aliphatic heterocycles. The van der Waals surface area contributed by atoms with Crippen LogP contribution in [0.1, 0.15) is 6.92 Å². The van der Waals surface area contributed by atoms with Gasteiger partial charge in [-0.25, -0.2) is 13.4 Å². The Morgan fingerprint density at radius 2 is 2.26 bits per heavy atom. The molecule has 1 aromatic heterocycles. The first kappa shape index (κ1) is 14.7. The van der Waals surface area contributed by atoms with E-state index in [1.54, 1.807) is 0 Å². The average molecular weight is 369 g/mol. The highest BCUT2D eigenvalue weighted by atomic mass is 79.9. The lowest BCUT2D eigenvalue weighted by Crippen LogP contribution is -2.55. The number of carbonyl (C=O) groups excluding carboxylic acids is 1. The fourth-order valence-corrected chi connectivity index (χ4v) is 4.32. The molecular formula is C10H11BrClN3O3S. The number of piperazine rings is 1. The molecule has 1 saturated heterocycles. The molecule has 1 fully saturated rings. The van der Waals surface area contributed by atoms with Crippen molar-refractivity contribution in [2.24, 2.45) is 0 Å². The first-order valence-electron chi connectivity index (χ1n) is 5.44. The van der Waals surface area contributed by atoms with Gasteiger partial charge in [-0.3, -0.25) is 4.79 Å². The Morgan fingerprint density at radius 1 is 1.58 bits per heavy atom. The van der Waals surface area contributed by atoms with Crippen LogP contribution in [0.4, 0.5) is 0 Å².